The molecule has 0 radical (unpaired) electrons. The van der Waals surface area contributed by atoms with Gasteiger partial charge in [0.2, 0.25) is 5.83 Å². The van der Waals surface area contributed by atoms with E-state index in [0.29, 0.717) is 7.11 Å². The largest absolute Gasteiger partial charge is 0.468 e. The molecule has 1 atom stereocenters. The van der Waals surface area contributed by atoms with Crippen LogP contribution in [0.5, 0.6) is 0 Å². The molecule has 0 bridgehead atoms. The normalized spacial score (nSPS) is 14.9. The van der Waals surface area contributed by atoms with Gasteiger partial charge in [-0.3, -0.25) is 0 Å². The SMILES string of the molecule is C=C(F)C(=O)OC(OCCC(F)(F)S)(C(=O)OC)C(F)(F)F. The van der Waals surface area contributed by atoms with Gasteiger partial charge < -0.3 is 14.2 Å². The molecule has 0 saturated carbocycles. The molecule has 0 aromatic rings. The van der Waals surface area contributed by atoms with Crippen molar-refractivity contribution in [2.75, 3.05) is 13.7 Å². The Kier molecular flexibility index (Phi) is 6.75. The lowest BCUT2D eigenvalue weighted by Gasteiger charge is -2.31. The first-order valence-electron chi connectivity index (χ1n) is 5.24. The number of thiol groups is 1. The first kappa shape index (κ1) is 20.6. The summed E-state index contributed by atoms with van der Waals surface area (Å²) in [6.45, 7) is 0.972. The first-order valence-corrected chi connectivity index (χ1v) is 5.68. The van der Waals surface area contributed by atoms with E-state index < -0.39 is 48.0 Å². The van der Waals surface area contributed by atoms with Crippen LogP contribution in [-0.4, -0.2) is 42.9 Å². The third kappa shape index (κ3) is 5.40. The predicted octanol–water partition coefficient (Wildman–Crippen LogP) is 2.37. The van der Waals surface area contributed by atoms with Crippen molar-refractivity contribution in [3.8, 4) is 0 Å². The highest BCUT2D eigenvalue weighted by atomic mass is 32.1. The molecule has 12 heteroatoms. The van der Waals surface area contributed by atoms with Crippen LogP contribution in [0.15, 0.2) is 12.4 Å². The van der Waals surface area contributed by atoms with Crippen molar-refractivity contribution in [2.45, 2.75) is 23.6 Å². The maximum atomic E-state index is 13.0. The van der Waals surface area contributed by atoms with Gasteiger partial charge in [-0.05, 0) is 0 Å². The van der Waals surface area contributed by atoms with Gasteiger partial charge in [0.25, 0.3) is 5.25 Å². The van der Waals surface area contributed by atoms with Gasteiger partial charge >= 0.3 is 23.9 Å². The zero-order chi connectivity index (χ0) is 17.8. The second-order valence-electron chi connectivity index (χ2n) is 3.66. The Morgan fingerprint density at radius 1 is 1.18 bits per heavy atom. The molecule has 0 rings (SSSR count). The van der Waals surface area contributed by atoms with E-state index in [1.807, 2.05) is 0 Å². The number of hydrogen-bond donors (Lipinski definition) is 1. The summed E-state index contributed by atoms with van der Waals surface area (Å²) in [4.78, 5) is 22.2. The average Bonchev–Trinajstić information content (AvgIpc) is 2.33. The van der Waals surface area contributed by atoms with E-state index in [1.54, 1.807) is 0 Å². The highest BCUT2D eigenvalue weighted by Gasteiger charge is 2.68. The maximum absolute atomic E-state index is 13.0. The van der Waals surface area contributed by atoms with Gasteiger partial charge in [-0.2, -0.15) is 26.3 Å². The lowest BCUT2D eigenvalue weighted by atomic mass is 10.2. The fraction of sp³-hybridized carbons (Fsp3) is 0.600. The van der Waals surface area contributed by atoms with Gasteiger partial charge in [0.1, 0.15) is 0 Å². The number of alkyl halides is 5. The second kappa shape index (κ2) is 7.22. The standard InChI is InChI=1S/C10H10F6O5S/c1-5(11)6(17)21-9(7(18)19-2,10(14,15)16)20-4-3-8(12,13)22/h22H,1,3-4H2,2H3. The third-order valence-corrected chi connectivity index (χ3v) is 2.22. The van der Waals surface area contributed by atoms with Crippen LogP contribution in [0.3, 0.4) is 0 Å². The van der Waals surface area contributed by atoms with Crippen LogP contribution < -0.4 is 0 Å². The smallest absolute Gasteiger partial charge is 0.464 e. The minimum atomic E-state index is -5.74. The second-order valence-corrected chi connectivity index (χ2v) is 4.32. The third-order valence-electron chi connectivity index (χ3n) is 1.99. The fourth-order valence-electron chi connectivity index (χ4n) is 1.02. The molecule has 0 saturated heterocycles. The Bertz CT molecular complexity index is 446. The predicted molar refractivity (Wildman–Crippen MR) is 61.6 cm³/mol. The number of hydrogen-bond acceptors (Lipinski definition) is 6. The molecule has 0 fully saturated rings. The highest BCUT2D eigenvalue weighted by Crippen LogP contribution is 2.37. The van der Waals surface area contributed by atoms with Gasteiger partial charge in [-0.15, -0.1) is 12.6 Å². The summed E-state index contributed by atoms with van der Waals surface area (Å²) in [6.07, 6.45) is -7.10. The first-order chi connectivity index (χ1) is 9.77. The molecule has 0 aliphatic heterocycles. The van der Waals surface area contributed by atoms with Crippen LogP contribution in [0.25, 0.3) is 0 Å². The van der Waals surface area contributed by atoms with Crippen LogP contribution in [-0.2, 0) is 23.8 Å². The Labute approximate surface area is 125 Å². The number of halogens is 6. The molecule has 0 aromatic heterocycles. The van der Waals surface area contributed by atoms with Gasteiger partial charge in [-0.25, -0.2) is 9.59 Å². The molecular weight excluding hydrogens is 346 g/mol. The lowest BCUT2D eigenvalue weighted by molar-refractivity contribution is -0.355. The number of rotatable bonds is 7. The zero-order valence-electron chi connectivity index (χ0n) is 10.9. The van der Waals surface area contributed by atoms with Crippen LogP contribution in [0, 0.1) is 0 Å². The highest BCUT2D eigenvalue weighted by molar-refractivity contribution is 7.81. The van der Waals surface area contributed by atoms with E-state index in [2.05, 4.69) is 33.4 Å². The van der Waals surface area contributed by atoms with Crippen molar-refractivity contribution in [1.29, 1.82) is 0 Å². The van der Waals surface area contributed by atoms with Crippen molar-refractivity contribution in [1.82, 2.24) is 0 Å². The molecule has 0 spiro atoms. The van der Waals surface area contributed by atoms with Gasteiger partial charge in [0, 0.05) is 6.42 Å². The molecule has 1 unspecified atom stereocenters. The summed E-state index contributed by atoms with van der Waals surface area (Å²) in [6, 6.07) is 0. The van der Waals surface area contributed by atoms with Crippen LogP contribution in [0.2, 0.25) is 0 Å². The minimum absolute atomic E-state index is 0.484. The summed E-state index contributed by atoms with van der Waals surface area (Å²) in [5.41, 5.74) is 0. The number of ether oxygens (including phenoxy) is 3. The van der Waals surface area contributed by atoms with Crippen molar-refractivity contribution in [3.05, 3.63) is 12.4 Å². The van der Waals surface area contributed by atoms with Crippen molar-refractivity contribution < 1.29 is 50.1 Å². The molecule has 0 N–H and O–H groups in total. The van der Waals surface area contributed by atoms with Gasteiger partial charge in [0.05, 0.1) is 13.7 Å². The average molecular weight is 356 g/mol. The monoisotopic (exact) mass is 356 g/mol. The molecule has 0 aliphatic carbocycles. The number of methoxy groups -OCH3 is 1. The van der Waals surface area contributed by atoms with E-state index in [1.165, 1.54) is 0 Å². The number of carbonyl (C=O) groups excluding carboxylic acids is 2. The lowest BCUT2D eigenvalue weighted by Crippen LogP contribution is -2.58. The topological polar surface area (TPSA) is 61.8 Å². The molecule has 22 heavy (non-hydrogen) atoms. The Morgan fingerprint density at radius 3 is 2.00 bits per heavy atom. The van der Waals surface area contributed by atoms with E-state index in [0.717, 1.165) is 0 Å². The van der Waals surface area contributed by atoms with Crippen molar-refractivity contribution >= 4 is 24.6 Å². The van der Waals surface area contributed by atoms with E-state index in [9.17, 15) is 35.9 Å². The van der Waals surface area contributed by atoms with Gasteiger partial charge in [-0.1, -0.05) is 6.58 Å². The molecule has 0 amide bonds. The fourth-order valence-corrected chi connectivity index (χ4v) is 1.11. The van der Waals surface area contributed by atoms with Crippen LogP contribution in [0.4, 0.5) is 26.3 Å². The summed E-state index contributed by atoms with van der Waals surface area (Å²) in [5.74, 6) is -11.0. The van der Waals surface area contributed by atoms with Crippen LogP contribution in [0.1, 0.15) is 6.42 Å². The Morgan fingerprint density at radius 2 is 1.68 bits per heavy atom. The van der Waals surface area contributed by atoms with Crippen LogP contribution >= 0.6 is 12.6 Å². The molecule has 128 valence electrons. The summed E-state index contributed by atoms with van der Waals surface area (Å²) in [5, 5.41) is -3.72. The number of esters is 2. The van der Waals surface area contributed by atoms with Crippen molar-refractivity contribution in [3.63, 3.8) is 0 Å². The molecule has 5 nitrogen and oxygen atoms in total. The van der Waals surface area contributed by atoms with E-state index in [4.69, 9.17) is 0 Å². The summed E-state index contributed by atoms with van der Waals surface area (Å²) >= 11 is 2.74. The Hall–Kier alpha value is -1.43. The van der Waals surface area contributed by atoms with Crippen molar-refractivity contribution in [2.24, 2.45) is 0 Å². The maximum Gasteiger partial charge on any atom is 0.468 e. The molecule has 0 aliphatic rings. The van der Waals surface area contributed by atoms with E-state index in [-0.39, 0.29) is 0 Å². The zero-order valence-corrected chi connectivity index (χ0v) is 11.8. The number of carbonyl (C=O) groups is 2. The molecule has 0 aromatic carbocycles. The quantitative estimate of drug-likeness (QED) is 0.250. The van der Waals surface area contributed by atoms with Gasteiger partial charge in [0.15, 0.2) is 0 Å². The molecular formula is C10H10F6O5S. The Balaban J connectivity index is 5.54. The minimum Gasteiger partial charge on any atom is -0.464 e. The molecule has 0 heterocycles. The van der Waals surface area contributed by atoms with E-state index >= 15 is 0 Å². The summed E-state index contributed by atoms with van der Waals surface area (Å²) < 4.78 is 87.8. The summed E-state index contributed by atoms with van der Waals surface area (Å²) in [7, 11) is 0.484.